The Morgan fingerprint density at radius 3 is 2.57 bits per heavy atom. The summed E-state index contributed by atoms with van der Waals surface area (Å²) in [5, 5.41) is 5.73. The summed E-state index contributed by atoms with van der Waals surface area (Å²) in [6, 6.07) is 4.68. The van der Waals surface area contributed by atoms with Crippen molar-refractivity contribution < 1.29 is 18.7 Å². The van der Waals surface area contributed by atoms with Gasteiger partial charge in [-0.15, -0.1) is 0 Å². The van der Waals surface area contributed by atoms with Gasteiger partial charge in [-0.25, -0.2) is 9.18 Å². The number of anilines is 1. The zero-order valence-electron chi connectivity index (χ0n) is 13.0. The summed E-state index contributed by atoms with van der Waals surface area (Å²) in [7, 11) is 1.42. The van der Waals surface area contributed by atoms with Crippen molar-refractivity contribution in [2.75, 3.05) is 25.5 Å². The van der Waals surface area contributed by atoms with Gasteiger partial charge >= 0.3 is 6.09 Å². The first-order valence-corrected chi connectivity index (χ1v) is 6.86. The molecule has 0 saturated heterocycles. The average molecular weight is 298 g/mol. The van der Waals surface area contributed by atoms with Crippen LogP contribution in [0.15, 0.2) is 18.2 Å². The second-order valence-corrected chi connectivity index (χ2v) is 5.56. The van der Waals surface area contributed by atoms with Gasteiger partial charge in [-0.05, 0) is 39.3 Å². The van der Waals surface area contributed by atoms with Gasteiger partial charge in [-0.3, -0.25) is 0 Å². The van der Waals surface area contributed by atoms with Crippen LogP contribution in [0, 0.1) is 5.82 Å². The number of amides is 1. The van der Waals surface area contributed by atoms with Crippen LogP contribution in [0.25, 0.3) is 0 Å². The molecule has 1 amide bonds. The molecule has 1 aromatic rings. The molecule has 21 heavy (non-hydrogen) atoms. The molecule has 0 aliphatic carbocycles. The molecule has 0 spiro atoms. The van der Waals surface area contributed by atoms with Crippen molar-refractivity contribution in [3.05, 3.63) is 24.0 Å². The number of benzene rings is 1. The highest BCUT2D eigenvalue weighted by Gasteiger charge is 2.15. The van der Waals surface area contributed by atoms with Gasteiger partial charge in [-0.1, -0.05) is 0 Å². The Morgan fingerprint density at radius 2 is 2.00 bits per heavy atom. The minimum absolute atomic E-state index is 0.215. The third-order valence-electron chi connectivity index (χ3n) is 2.50. The summed E-state index contributed by atoms with van der Waals surface area (Å²) in [5.74, 6) is -0.193. The molecule has 6 heteroatoms. The molecule has 0 aromatic heterocycles. The summed E-state index contributed by atoms with van der Waals surface area (Å²) in [6.45, 7) is 6.53. The van der Waals surface area contributed by atoms with Gasteiger partial charge in [-0.2, -0.15) is 0 Å². The van der Waals surface area contributed by atoms with E-state index in [2.05, 4.69) is 10.6 Å². The van der Waals surface area contributed by atoms with Crippen molar-refractivity contribution in [2.45, 2.75) is 32.8 Å². The first-order chi connectivity index (χ1) is 9.81. The Bertz CT molecular complexity index is 472. The number of carbonyl (C=O) groups excluding carboxylic acids is 1. The van der Waals surface area contributed by atoms with E-state index in [0.717, 1.165) is 0 Å². The first kappa shape index (κ1) is 17.1. The molecule has 0 atom stereocenters. The highest BCUT2D eigenvalue weighted by molar-refractivity contribution is 5.67. The molecule has 118 valence electrons. The van der Waals surface area contributed by atoms with Crippen LogP contribution < -0.4 is 15.4 Å². The first-order valence-electron chi connectivity index (χ1n) is 6.86. The van der Waals surface area contributed by atoms with Crippen LogP contribution in [0.5, 0.6) is 5.75 Å². The maximum absolute atomic E-state index is 13.5. The molecule has 0 aliphatic heterocycles. The predicted octanol–water partition coefficient (Wildman–Crippen LogP) is 3.16. The Morgan fingerprint density at radius 1 is 1.29 bits per heavy atom. The van der Waals surface area contributed by atoms with E-state index in [4.69, 9.17) is 9.47 Å². The summed E-state index contributed by atoms with van der Waals surface area (Å²) in [6.07, 6.45) is 0.269. The molecule has 0 saturated carbocycles. The molecule has 0 heterocycles. The number of hydrogen-bond acceptors (Lipinski definition) is 4. The van der Waals surface area contributed by atoms with E-state index >= 15 is 0 Å². The minimum atomic E-state index is -0.497. The number of nitrogens with one attached hydrogen (secondary N) is 2. The van der Waals surface area contributed by atoms with Crippen LogP contribution in [-0.4, -0.2) is 31.9 Å². The minimum Gasteiger partial charge on any atom is -0.494 e. The summed E-state index contributed by atoms with van der Waals surface area (Å²) in [4.78, 5) is 11.4. The van der Waals surface area contributed by atoms with Crippen LogP contribution in [0.3, 0.4) is 0 Å². The fourth-order valence-corrected chi connectivity index (χ4v) is 1.60. The number of carbonyl (C=O) groups is 1. The molecule has 1 rings (SSSR count). The Labute approximate surface area is 124 Å². The highest BCUT2D eigenvalue weighted by Crippen LogP contribution is 2.20. The lowest BCUT2D eigenvalue weighted by Gasteiger charge is -2.19. The smallest absolute Gasteiger partial charge is 0.407 e. The molecular weight excluding hydrogens is 275 g/mol. The van der Waals surface area contributed by atoms with E-state index in [9.17, 15) is 9.18 Å². The van der Waals surface area contributed by atoms with Crippen LogP contribution in [0.4, 0.5) is 14.9 Å². The molecule has 5 nitrogen and oxygen atoms in total. The van der Waals surface area contributed by atoms with Crippen LogP contribution >= 0.6 is 0 Å². The molecule has 0 radical (unpaired) electrons. The normalized spacial score (nSPS) is 10.9. The molecule has 2 N–H and O–H groups in total. The average Bonchev–Trinajstić information content (AvgIpc) is 2.36. The second kappa shape index (κ2) is 7.71. The largest absolute Gasteiger partial charge is 0.494 e. The van der Waals surface area contributed by atoms with Crippen LogP contribution in [-0.2, 0) is 4.74 Å². The van der Waals surface area contributed by atoms with Gasteiger partial charge in [0.05, 0.1) is 7.11 Å². The maximum atomic E-state index is 13.5. The molecular formula is C15H23FN2O3. The quantitative estimate of drug-likeness (QED) is 0.792. The predicted molar refractivity (Wildman–Crippen MR) is 80.3 cm³/mol. The highest BCUT2D eigenvalue weighted by atomic mass is 19.1. The van der Waals surface area contributed by atoms with Gasteiger partial charge in [0, 0.05) is 24.8 Å². The van der Waals surface area contributed by atoms with Crippen molar-refractivity contribution in [1.29, 1.82) is 0 Å². The van der Waals surface area contributed by atoms with Gasteiger partial charge in [0.1, 0.15) is 5.60 Å². The lowest BCUT2D eigenvalue weighted by molar-refractivity contribution is 0.0528. The molecule has 0 fully saturated rings. The van der Waals surface area contributed by atoms with E-state index in [1.807, 2.05) is 20.8 Å². The van der Waals surface area contributed by atoms with Gasteiger partial charge in [0.2, 0.25) is 0 Å². The third kappa shape index (κ3) is 6.83. The maximum Gasteiger partial charge on any atom is 0.407 e. The van der Waals surface area contributed by atoms with E-state index in [-0.39, 0.29) is 5.75 Å². The van der Waals surface area contributed by atoms with E-state index in [1.54, 1.807) is 12.1 Å². The number of rotatable bonds is 6. The Balaban J connectivity index is 2.23. The lowest BCUT2D eigenvalue weighted by Crippen LogP contribution is -2.33. The molecule has 0 bridgehead atoms. The molecule has 1 aromatic carbocycles. The second-order valence-electron chi connectivity index (χ2n) is 5.56. The topological polar surface area (TPSA) is 59.6 Å². The fourth-order valence-electron chi connectivity index (χ4n) is 1.60. The monoisotopic (exact) mass is 298 g/mol. The Kier molecular flexibility index (Phi) is 6.27. The zero-order chi connectivity index (χ0) is 15.9. The van der Waals surface area contributed by atoms with Crippen molar-refractivity contribution in [1.82, 2.24) is 5.32 Å². The van der Waals surface area contributed by atoms with Crippen LogP contribution in [0.2, 0.25) is 0 Å². The van der Waals surface area contributed by atoms with E-state index in [0.29, 0.717) is 25.2 Å². The molecule has 0 unspecified atom stereocenters. The lowest BCUT2D eigenvalue weighted by atomic mass is 10.2. The number of hydrogen-bond donors (Lipinski definition) is 2. The number of alkyl carbamates (subject to hydrolysis) is 1. The van der Waals surface area contributed by atoms with Crippen molar-refractivity contribution in [3.8, 4) is 5.75 Å². The summed E-state index contributed by atoms with van der Waals surface area (Å²) in [5.41, 5.74) is 0.175. The number of methoxy groups -OCH3 is 1. The Hall–Kier alpha value is -1.98. The fraction of sp³-hybridized carbons (Fsp3) is 0.533. The van der Waals surface area contributed by atoms with E-state index in [1.165, 1.54) is 13.2 Å². The molecule has 0 aliphatic rings. The SMILES string of the molecule is COc1ccc(NCCCNC(=O)OC(C)(C)C)cc1F. The summed E-state index contributed by atoms with van der Waals surface area (Å²) >= 11 is 0. The number of halogens is 1. The van der Waals surface area contributed by atoms with Crippen molar-refractivity contribution in [2.24, 2.45) is 0 Å². The van der Waals surface area contributed by atoms with Gasteiger partial charge in [0.15, 0.2) is 11.6 Å². The van der Waals surface area contributed by atoms with E-state index < -0.39 is 17.5 Å². The zero-order valence-corrected chi connectivity index (χ0v) is 13.0. The van der Waals surface area contributed by atoms with Crippen LogP contribution in [0.1, 0.15) is 27.2 Å². The number of ether oxygens (including phenoxy) is 2. The van der Waals surface area contributed by atoms with Gasteiger partial charge in [0.25, 0.3) is 0 Å². The van der Waals surface area contributed by atoms with Crippen molar-refractivity contribution in [3.63, 3.8) is 0 Å². The summed E-state index contributed by atoms with van der Waals surface area (Å²) < 4.78 is 23.4. The van der Waals surface area contributed by atoms with Crippen molar-refractivity contribution >= 4 is 11.8 Å². The third-order valence-corrected chi connectivity index (χ3v) is 2.50. The standard InChI is InChI=1S/C15H23FN2O3/c1-15(2,3)21-14(19)18-9-5-8-17-11-6-7-13(20-4)12(16)10-11/h6-7,10,17H,5,8-9H2,1-4H3,(H,18,19). The van der Waals surface area contributed by atoms with Gasteiger partial charge < -0.3 is 20.1 Å².